The molecule has 40 heavy (non-hydrogen) atoms. The van der Waals surface area contributed by atoms with E-state index in [1.807, 2.05) is 25.1 Å². The zero-order valence-corrected chi connectivity index (χ0v) is 23.5. The van der Waals surface area contributed by atoms with Crippen molar-refractivity contribution in [2.24, 2.45) is 0 Å². The van der Waals surface area contributed by atoms with Crippen LogP contribution in [0.3, 0.4) is 0 Å². The number of hydrogen-bond acceptors (Lipinski definition) is 8. The third kappa shape index (κ3) is 5.18. The number of benzene rings is 1. The first-order chi connectivity index (χ1) is 19.2. The third-order valence-corrected chi connectivity index (χ3v) is 9.25. The van der Waals surface area contributed by atoms with Crippen molar-refractivity contribution >= 4 is 57.1 Å². The van der Waals surface area contributed by atoms with Gasteiger partial charge in [0.15, 0.2) is 5.82 Å². The average Bonchev–Trinajstić information content (AvgIpc) is 3.59. The standard InChI is InChI=1S/C27H28ClFN4O3S.CH2O2/c1-27(14-34)11-17(12-31-27)32-8-2-3-15-9-16(28)10-19(25(15)32)18-6-7-30-24-23(29)20(37-26(18)24)13-33-21(35)4-5-22(33)36;2-1-3/h6-7,9-10,17,31,34H,2-5,8,11-14H2,1H3;1H,(H,2,3)/t17-,27+;/m0./s1. The van der Waals surface area contributed by atoms with Crippen molar-refractivity contribution in [3.05, 3.63) is 45.7 Å². The van der Waals surface area contributed by atoms with E-state index in [1.165, 1.54) is 11.3 Å². The molecule has 0 radical (unpaired) electrons. The Labute approximate surface area is 239 Å². The topological polar surface area (TPSA) is 123 Å². The van der Waals surface area contributed by atoms with Crippen LogP contribution in [0, 0.1) is 5.82 Å². The second-order valence-corrected chi connectivity index (χ2v) is 12.1. The summed E-state index contributed by atoms with van der Waals surface area (Å²) in [6.07, 6.45) is 4.65. The zero-order chi connectivity index (χ0) is 28.6. The van der Waals surface area contributed by atoms with Crippen molar-refractivity contribution in [3.8, 4) is 11.1 Å². The Morgan fingerprint density at radius 3 is 2.65 bits per heavy atom. The zero-order valence-electron chi connectivity index (χ0n) is 22.0. The minimum Gasteiger partial charge on any atom is -0.483 e. The van der Waals surface area contributed by atoms with Crippen LogP contribution in [0.1, 0.15) is 43.0 Å². The molecular weight excluding hydrogens is 559 g/mol. The summed E-state index contributed by atoms with van der Waals surface area (Å²) in [4.78, 5) is 40.9. The Morgan fingerprint density at radius 1 is 1.25 bits per heavy atom. The second-order valence-electron chi connectivity index (χ2n) is 10.6. The van der Waals surface area contributed by atoms with Gasteiger partial charge in [-0.15, -0.1) is 11.3 Å². The normalized spacial score (nSPS) is 22.4. The van der Waals surface area contributed by atoms with Crippen molar-refractivity contribution in [1.82, 2.24) is 15.2 Å². The molecule has 9 nitrogen and oxygen atoms in total. The number of halogens is 2. The molecule has 0 saturated carbocycles. The van der Waals surface area contributed by atoms with Crippen molar-refractivity contribution in [2.45, 2.75) is 57.2 Å². The summed E-state index contributed by atoms with van der Waals surface area (Å²) in [6.45, 7) is 3.44. The van der Waals surface area contributed by atoms with Crippen molar-refractivity contribution in [2.75, 3.05) is 24.6 Å². The maximum Gasteiger partial charge on any atom is 0.290 e. The molecule has 2 aromatic heterocycles. The minimum absolute atomic E-state index is 0.0714. The molecule has 2 saturated heterocycles. The van der Waals surface area contributed by atoms with E-state index in [2.05, 4.69) is 15.2 Å². The summed E-state index contributed by atoms with van der Waals surface area (Å²) in [5.74, 6) is -1.02. The van der Waals surface area contributed by atoms with Gasteiger partial charge in [-0.1, -0.05) is 11.6 Å². The van der Waals surface area contributed by atoms with E-state index in [9.17, 15) is 14.7 Å². The number of aromatic nitrogens is 1. The van der Waals surface area contributed by atoms with Crippen LogP contribution in [0.15, 0.2) is 24.4 Å². The number of hydrogen-bond donors (Lipinski definition) is 3. The Kier molecular flexibility index (Phi) is 8.10. The predicted molar refractivity (Wildman–Crippen MR) is 151 cm³/mol. The minimum atomic E-state index is -0.485. The molecule has 2 amide bonds. The van der Waals surface area contributed by atoms with Gasteiger partial charge in [0.1, 0.15) is 5.52 Å². The van der Waals surface area contributed by atoms with Crippen molar-refractivity contribution in [1.29, 1.82) is 0 Å². The number of anilines is 1. The highest BCUT2D eigenvalue weighted by Gasteiger charge is 2.39. The fourth-order valence-corrected chi connectivity index (χ4v) is 7.34. The first-order valence-corrected chi connectivity index (χ1v) is 14.3. The van der Waals surface area contributed by atoms with Gasteiger partial charge in [0.2, 0.25) is 11.8 Å². The first-order valence-electron chi connectivity index (χ1n) is 13.1. The van der Waals surface area contributed by atoms with Gasteiger partial charge in [0.25, 0.3) is 6.47 Å². The van der Waals surface area contributed by atoms with Crippen LogP contribution in [0.25, 0.3) is 21.3 Å². The number of carboxylic acid groups (broad SMARTS) is 1. The number of pyridine rings is 1. The van der Waals surface area contributed by atoms with Crippen molar-refractivity contribution in [3.63, 3.8) is 0 Å². The number of imide groups is 1. The number of rotatable bonds is 5. The summed E-state index contributed by atoms with van der Waals surface area (Å²) in [5.41, 5.74) is 3.92. The largest absolute Gasteiger partial charge is 0.483 e. The number of amides is 2. The van der Waals surface area contributed by atoms with Gasteiger partial charge in [0.05, 0.1) is 22.7 Å². The summed E-state index contributed by atoms with van der Waals surface area (Å²) in [6, 6.07) is 6.05. The Balaban J connectivity index is 0.00000103. The van der Waals surface area contributed by atoms with Gasteiger partial charge in [0, 0.05) is 65.5 Å². The van der Waals surface area contributed by atoms with Crippen LogP contribution in [0.4, 0.5) is 10.1 Å². The number of thiophene rings is 1. The van der Waals surface area contributed by atoms with E-state index in [4.69, 9.17) is 21.5 Å². The quantitative estimate of drug-likeness (QED) is 0.302. The van der Waals surface area contributed by atoms with Crippen molar-refractivity contribution < 1.29 is 29.0 Å². The highest BCUT2D eigenvalue weighted by atomic mass is 35.5. The highest BCUT2D eigenvalue weighted by molar-refractivity contribution is 7.19. The van der Waals surface area contributed by atoms with Crippen LogP contribution in [0.5, 0.6) is 0 Å². The molecule has 2 fully saturated rings. The highest BCUT2D eigenvalue weighted by Crippen LogP contribution is 2.46. The lowest BCUT2D eigenvalue weighted by Gasteiger charge is -2.38. The molecule has 5 heterocycles. The molecule has 0 unspecified atom stereocenters. The molecule has 3 aromatic rings. The van der Waals surface area contributed by atoms with E-state index >= 15 is 4.39 Å². The van der Waals surface area contributed by atoms with Gasteiger partial charge in [-0.05, 0) is 49.9 Å². The maximum atomic E-state index is 15.5. The van der Waals surface area contributed by atoms with Gasteiger partial charge in [-0.25, -0.2) is 4.39 Å². The van der Waals surface area contributed by atoms with Gasteiger partial charge in [-0.3, -0.25) is 24.3 Å². The number of nitrogens with zero attached hydrogens (tertiary/aromatic N) is 3. The summed E-state index contributed by atoms with van der Waals surface area (Å²) in [7, 11) is 0. The lowest BCUT2D eigenvalue weighted by atomic mass is 9.91. The number of fused-ring (bicyclic) bond motifs is 2. The van der Waals surface area contributed by atoms with Crippen LogP contribution >= 0.6 is 22.9 Å². The molecular formula is C28H30ClFN4O5S. The number of nitrogens with one attached hydrogen (secondary N) is 1. The SMILES string of the molecule is C[C@]1(CO)C[C@H](N2CCCc3cc(Cl)cc(-c4ccnc5c(F)c(CN6C(=O)CCC6=O)sc45)c32)CN1.O=CO. The molecule has 6 rings (SSSR count). The van der Waals surface area contributed by atoms with Gasteiger partial charge < -0.3 is 20.4 Å². The van der Waals surface area contributed by atoms with E-state index in [0.717, 1.165) is 59.6 Å². The first kappa shape index (κ1) is 28.4. The molecule has 3 N–H and O–H groups in total. The molecule has 0 bridgehead atoms. The number of carbonyl (C=O) groups is 3. The van der Waals surface area contributed by atoms with Crippen LogP contribution in [-0.2, 0) is 27.3 Å². The summed E-state index contributed by atoms with van der Waals surface area (Å²) in [5, 5.41) is 20.9. The van der Waals surface area contributed by atoms with Gasteiger partial charge >= 0.3 is 0 Å². The molecule has 3 aliphatic rings. The molecule has 212 valence electrons. The smallest absolute Gasteiger partial charge is 0.290 e. The number of aliphatic hydroxyl groups excluding tert-OH is 1. The third-order valence-electron chi connectivity index (χ3n) is 7.86. The Morgan fingerprint density at radius 2 is 1.98 bits per heavy atom. The molecule has 1 aromatic carbocycles. The van der Waals surface area contributed by atoms with Crippen LogP contribution < -0.4 is 10.2 Å². The molecule has 0 aliphatic carbocycles. The Bertz CT molecular complexity index is 1470. The number of carbonyl (C=O) groups excluding carboxylic acids is 2. The number of aryl methyl sites for hydroxylation is 1. The van der Waals surface area contributed by atoms with E-state index < -0.39 is 5.82 Å². The maximum absolute atomic E-state index is 15.5. The fraction of sp³-hybridized carbons (Fsp3) is 0.429. The predicted octanol–water partition coefficient (Wildman–Crippen LogP) is 3.97. The molecule has 0 spiro atoms. The number of likely N-dealkylation sites (tertiary alicyclic amines) is 1. The lowest BCUT2D eigenvalue weighted by Crippen LogP contribution is -2.41. The monoisotopic (exact) mass is 588 g/mol. The number of aliphatic hydroxyl groups is 1. The van der Waals surface area contributed by atoms with E-state index in [0.29, 0.717) is 14.6 Å². The van der Waals surface area contributed by atoms with E-state index in [1.54, 1.807) is 6.20 Å². The fourth-order valence-electron chi connectivity index (χ4n) is 5.94. The molecule has 12 heteroatoms. The second kappa shape index (κ2) is 11.4. The van der Waals surface area contributed by atoms with Gasteiger partial charge in [-0.2, -0.15) is 0 Å². The van der Waals surface area contributed by atoms with Crippen LogP contribution in [0.2, 0.25) is 5.02 Å². The van der Waals surface area contributed by atoms with Crippen LogP contribution in [-0.4, -0.2) is 69.7 Å². The molecule has 2 atom stereocenters. The van der Waals surface area contributed by atoms with E-state index in [-0.39, 0.29) is 61.4 Å². The lowest BCUT2D eigenvalue weighted by molar-refractivity contribution is -0.139. The molecule has 3 aliphatic heterocycles. The summed E-state index contributed by atoms with van der Waals surface area (Å²) >= 11 is 7.85. The Hall–Kier alpha value is -3.12. The summed E-state index contributed by atoms with van der Waals surface area (Å²) < 4.78 is 16.2. The average molecular weight is 589 g/mol.